The van der Waals surface area contributed by atoms with Crippen molar-refractivity contribution in [1.29, 1.82) is 0 Å². The summed E-state index contributed by atoms with van der Waals surface area (Å²) in [6.07, 6.45) is 3.56. The van der Waals surface area contributed by atoms with Crippen LogP contribution in [0.3, 0.4) is 0 Å². The van der Waals surface area contributed by atoms with Gasteiger partial charge in [-0.3, -0.25) is 0 Å². The number of nitrogens with zero attached hydrogens (tertiary/aromatic N) is 1. The highest BCUT2D eigenvalue weighted by molar-refractivity contribution is 14.0. The SMILES string of the molecule is I.NC(=NCc1c(F)cccc1OC(F)F)NCC1CCC1. The van der Waals surface area contributed by atoms with Gasteiger partial charge in [0.15, 0.2) is 5.96 Å². The summed E-state index contributed by atoms with van der Waals surface area (Å²) in [5.41, 5.74) is 5.64. The molecule has 0 unspecified atom stereocenters. The molecular formula is C14H19F3IN3O. The predicted molar refractivity (Wildman–Crippen MR) is 89.1 cm³/mol. The van der Waals surface area contributed by atoms with Gasteiger partial charge >= 0.3 is 6.61 Å². The van der Waals surface area contributed by atoms with Gasteiger partial charge in [0.2, 0.25) is 0 Å². The molecular weight excluding hydrogens is 410 g/mol. The van der Waals surface area contributed by atoms with Crippen molar-refractivity contribution in [2.75, 3.05) is 6.54 Å². The van der Waals surface area contributed by atoms with Crippen molar-refractivity contribution in [3.63, 3.8) is 0 Å². The van der Waals surface area contributed by atoms with E-state index in [9.17, 15) is 13.2 Å². The molecule has 8 heteroatoms. The second-order valence-electron chi connectivity index (χ2n) is 4.97. The van der Waals surface area contributed by atoms with Gasteiger partial charge in [0, 0.05) is 6.54 Å². The van der Waals surface area contributed by atoms with E-state index in [1.807, 2.05) is 0 Å². The quantitative estimate of drug-likeness (QED) is 0.415. The van der Waals surface area contributed by atoms with E-state index >= 15 is 0 Å². The van der Waals surface area contributed by atoms with Crippen LogP contribution in [-0.4, -0.2) is 19.1 Å². The maximum Gasteiger partial charge on any atom is 0.387 e. The lowest BCUT2D eigenvalue weighted by Crippen LogP contribution is -2.37. The second-order valence-corrected chi connectivity index (χ2v) is 4.97. The minimum atomic E-state index is -3.01. The Morgan fingerprint density at radius 1 is 1.41 bits per heavy atom. The zero-order valence-corrected chi connectivity index (χ0v) is 14.2. The Kier molecular flexibility index (Phi) is 7.77. The van der Waals surface area contributed by atoms with Crippen LogP contribution in [-0.2, 0) is 6.54 Å². The molecule has 0 bridgehead atoms. The molecule has 1 aromatic carbocycles. The first-order valence-electron chi connectivity index (χ1n) is 6.82. The molecule has 2 rings (SSSR count). The number of nitrogens with one attached hydrogen (secondary N) is 1. The Hall–Kier alpha value is -1.19. The Balaban J connectivity index is 0.00000242. The minimum absolute atomic E-state index is 0. The Morgan fingerprint density at radius 3 is 2.73 bits per heavy atom. The molecule has 1 saturated carbocycles. The third-order valence-electron chi connectivity index (χ3n) is 3.50. The average molecular weight is 429 g/mol. The highest BCUT2D eigenvalue weighted by Crippen LogP contribution is 2.25. The molecule has 124 valence electrons. The van der Waals surface area contributed by atoms with Crippen molar-refractivity contribution in [1.82, 2.24) is 5.32 Å². The number of hydrogen-bond donors (Lipinski definition) is 2. The molecule has 1 aliphatic carbocycles. The topological polar surface area (TPSA) is 59.6 Å². The molecule has 0 atom stereocenters. The first-order chi connectivity index (χ1) is 10.1. The van der Waals surface area contributed by atoms with E-state index in [0.717, 1.165) is 6.54 Å². The maximum atomic E-state index is 13.7. The number of alkyl halides is 2. The van der Waals surface area contributed by atoms with Crippen molar-refractivity contribution >= 4 is 29.9 Å². The van der Waals surface area contributed by atoms with Crippen LogP contribution in [0.1, 0.15) is 24.8 Å². The summed E-state index contributed by atoms with van der Waals surface area (Å²) in [5.74, 6) is -0.0951. The van der Waals surface area contributed by atoms with Gasteiger partial charge in [0.25, 0.3) is 0 Å². The zero-order valence-electron chi connectivity index (χ0n) is 11.9. The van der Waals surface area contributed by atoms with Gasteiger partial charge in [-0.1, -0.05) is 12.5 Å². The van der Waals surface area contributed by atoms with E-state index in [4.69, 9.17) is 5.73 Å². The molecule has 0 aliphatic heterocycles. The van der Waals surface area contributed by atoms with Crippen molar-refractivity contribution in [3.05, 3.63) is 29.6 Å². The first-order valence-corrected chi connectivity index (χ1v) is 6.82. The van der Waals surface area contributed by atoms with Gasteiger partial charge in [-0.2, -0.15) is 8.78 Å². The molecule has 1 aliphatic rings. The van der Waals surface area contributed by atoms with Crippen LogP contribution in [0.5, 0.6) is 5.75 Å². The summed E-state index contributed by atoms with van der Waals surface area (Å²) in [7, 11) is 0. The molecule has 0 aromatic heterocycles. The molecule has 0 saturated heterocycles. The third-order valence-corrected chi connectivity index (χ3v) is 3.50. The van der Waals surface area contributed by atoms with Crippen LogP contribution < -0.4 is 15.8 Å². The fraction of sp³-hybridized carbons (Fsp3) is 0.500. The van der Waals surface area contributed by atoms with Crippen LogP contribution in [0, 0.1) is 11.7 Å². The summed E-state index contributed by atoms with van der Waals surface area (Å²) in [6.45, 7) is -2.44. The molecule has 1 aromatic rings. The van der Waals surface area contributed by atoms with Crippen LogP contribution in [0.25, 0.3) is 0 Å². The highest BCUT2D eigenvalue weighted by Gasteiger charge is 2.17. The number of nitrogens with two attached hydrogens (primary N) is 1. The minimum Gasteiger partial charge on any atom is -0.434 e. The van der Waals surface area contributed by atoms with E-state index in [1.165, 1.54) is 37.5 Å². The lowest BCUT2D eigenvalue weighted by Gasteiger charge is -2.25. The Morgan fingerprint density at radius 2 is 2.14 bits per heavy atom. The lowest BCUT2D eigenvalue weighted by atomic mass is 9.85. The number of ether oxygens (including phenoxy) is 1. The van der Waals surface area contributed by atoms with Gasteiger partial charge in [-0.25, -0.2) is 9.38 Å². The van der Waals surface area contributed by atoms with Gasteiger partial charge in [-0.15, -0.1) is 24.0 Å². The fourth-order valence-electron chi connectivity index (χ4n) is 2.06. The van der Waals surface area contributed by atoms with Crippen molar-refractivity contribution in [3.8, 4) is 5.75 Å². The number of guanidine groups is 1. The van der Waals surface area contributed by atoms with E-state index < -0.39 is 12.4 Å². The number of halogens is 4. The molecule has 0 radical (unpaired) electrons. The van der Waals surface area contributed by atoms with Crippen LogP contribution >= 0.6 is 24.0 Å². The second kappa shape index (κ2) is 9.06. The molecule has 0 heterocycles. The molecule has 22 heavy (non-hydrogen) atoms. The van der Waals surface area contributed by atoms with Crippen LogP contribution in [0.15, 0.2) is 23.2 Å². The van der Waals surface area contributed by atoms with Gasteiger partial charge in [-0.05, 0) is 30.9 Å². The summed E-state index contributed by atoms with van der Waals surface area (Å²) >= 11 is 0. The van der Waals surface area contributed by atoms with Crippen molar-refractivity contribution in [2.24, 2.45) is 16.6 Å². The average Bonchev–Trinajstić information content (AvgIpc) is 2.35. The molecule has 1 fully saturated rings. The molecule has 4 nitrogen and oxygen atoms in total. The zero-order chi connectivity index (χ0) is 15.2. The standard InChI is InChI=1S/C14H18F3N3O.HI/c15-11-5-2-6-12(21-13(16)17)10(11)8-20-14(18)19-7-9-3-1-4-9;/h2,5-6,9,13H,1,3-4,7-8H2,(H3,18,19,20);1H. The molecule has 0 spiro atoms. The highest BCUT2D eigenvalue weighted by atomic mass is 127. The van der Waals surface area contributed by atoms with E-state index in [-0.39, 0.29) is 47.8 Å². The summed E-state index contributed by atoms with van der Waals surface area (Å²) in [4.78, 5) is 3.97. The number of rotatable bonds is 6. The number of aliphatic imine (C=N–C) groups is 1. The number of hydrogen-bond acceptors (Lipinski definition) is 2. The number of benzene rings is 1. The first kappa shape index (κ1) is 18.9. The van der Waals surface area contributed by atoms with Gasteiger partial charge < -0.3 is 15.8 Å². The molecule has 3 N–H and O–H groups in total. The Labute approximate surface area is 144 Å². The predicted octanol–water partition coefficient (Wildman–Crippen LogP) is 3.25. The van der Waals surface area contributed by atoms with Crippen LogP contribution in [0.4, 0.5) is 13.2 Å². The monoisotopic (exact) mass is 429 g/mol. The lowest BCUT2D eigenvalue weighted by molar-refractivity contribution is -0.0506. The van der Waals surface area contributed by atoms with E-state index in [0.29, 0.717) is 5.92 Å². The largest absolute Gasteiger partial charge is 0.434 e. The summed E-state index contributed by atoms with van der Waals surface area (Å²) in [5, 5.41) is 2.95. The van der Waals surface area contributed by atoms with Gasteiger partial charge in [0.1, 0.15) is 11.6 Å². The molecule has 0 amide bonds. The van der Waals surface area contributed by atoms with Crippen molar-refractivity contribution < 1.29 is 17.9 Å². The maximum absolute atomic E-state index is 13.7. The Bertz CT molecular complexity index is 510. The van der Waals surface area contributed by atoms with Gasteiger partial charge in [0.05, 0.1) is 12.1 Å². The summed E-state index contributed by atoms with van der Waals surface area (Å²) in [6, 6.07) is 3.75. The third kappa shape index (κ3) is 5.54. The smallest absolute Gasteiger partial charge is 0.387 e. The van der Waals surface area contributed by atoms with E-state index in [2.05, 4.69) is 15.0 Å². The normalized spacial score (nSPS) is 15.2. The van der Waals surface area contributed by atoms with Crippen LogP contribution in [0.2, 0.25) is 0 Å². The van der Waals surface area contributed by atoms with Crippen molar-refractivity contribution in [2.45, 2.75) is 32.4 Å². The van der Waals surface area contributed by atoms with E-state index in [1.54, 1.807) is 0 Å². The summed E-state index contributed by atoms with van der Waals surface area (Å²) < 4.78 is 42.5. The fourth-order valence-corrected chi connectivity index (χ4v) is 2.06.